The quantitative estimate of drug-likeness (QED) is 0.746. The highest BCUT2D eigenvalue weighted by atomic mass is 16.7. The highest BCUT2D eigenvalue weighted by Gasteiger charge is 2.46. The Morgan fingerprint density at radius 1 is 1.12 bits per heavy atom. The molecular formula is C21H33NO4. The van der Waals surface area contributed by atoms with E-state index in [4.69, 9.17) is 14.2 Å². The van der Waals surface area contributed by atoms with Gasteiger partial charge in [-0.05, 0) is 58.4 Å². The predicted octanol–water partition coefficient (Wildman–Crippen LogP) is 3.77. The first-order chi connectivity index (χ1) is 12.6. The van der Waals surface area contributed by atoms with Crippen molar-refractivity contribution in [3.05, 3.63) is 11.8 Å². The van der Waals surface area contributed by atoms with Crippen LogP contribution in [0.1, 0.15) is 71.6 Å². The van der Waals surface area contributed by atoms with Crippen LogP contribution in [-0.2, 0) is 19.0 Å². The van der Waals surface area contributed by atoms with Crippen LogP contribution in [0.3, 0.4) is 0 Å². The third-order valence-electron chi connectivity index (χ3n) is 6.22. The second-order valence-electron chi connectivity index (χ2n) is 8.62. The van der Waals surface area contributed by atoms with Gasteiger partial charge >= 0.3 is 0 Å². The van der Waals surface area contributed by atoms with Crippen LogP contribution >= 0.6 is 0 Å². The average Bonchev–Trinajstić information content (AvgIpc) is 3.36. The van der Waals surface area contributed by atoms with Gasteiger partial charge in [0.25, 0.3) is 0 Å². The number of rotatable bonds is 5. The summed E-state index contributed by atoms with van der Waals surface area (Å²) in [6.45, 7) is 5.54. The second-order valence-corrected chi connectivity index (χ2v) is 8.62. The molecule has 0 radical (unpaired) electrons. The summed E-state index contributed by atoms with van der Waals surface area (Å²) in [6, 6.07) is 0.843. The average molecular weight is 363 g/mol. The summed E-state index contributed by atoms with van der Waals surface area (Å²) in [4.78, 5) is 15.6. The maximum atomic E-state index is 13.3. The van der Waals surface area contributed by atoms with E-state index in [0.717, 1.165) is 50.7 Å². The molecule has 1 spiro atoms. The molecule has 26 heavy (non-hydrogen) atoms. The summed E-state index contributed by atoms with van der Waals surface area (Å²) >= 11 is 0. The van der Waals surface area contributed by atoms with E-state index < -0.39 is 0 Å². The largest absolute Gasteiger partial charge is 0.496 e. The molecule has 146 valence electrons. The molecule has 2 saturated carbocycles. The molecule has 3 fully saturated rings. The smallest absolute Gasteiger partial charge is 0.226 e. The fraction of sp³-hybridized carbons (Fsp3) is 0.857. The summed E-state index contributed by atoms with van der Waals surface area (Å²) in [5, 5.41) is 0. The van der Waals surface area contributed by atoms with Crippen molar-refractivity contribution in [1.82, 2.24) is 4.90 Å². The predicted molar refractivity (Wildman–Crippen MR) is 98.4 cm³/mol. The van der Waals surface area contributed by atoms with Crippen molar-refractivity contribution in [1.29, 1.82) is 0 Å². The number of hydrogen-bond acceptors (Lipinski definition) is 4. The Balaban J connectivity index is 1.37. The highest BCUT2D eigenvalue weighted by Crippen LogP contribution is 2.41. The molecule has 1 unspecified atom stereocenters. The molecule has 1 heterocycles. The Labute approximate surface area is 157 Å². The molecular weight excluding hydrogens is 330 g/mol. The molecule has 0 aromatic carbocycles. The number of nitrogens with zero attached hydrogens (tertiary/aromatic N) is 1. The monoisotopic (exact) mass is 363 g/mol. The Hall–Kier alpha value is -1.07. The van der Waals surface area contributed by atoms with Crippen molar-refractivity contribution in [3.8, 4) is 0 Å². The van der Waals surface area contributed by atoms with E-state index in [1.807, 2.05) is 0 Å². The van der Waals surface area contributed by atoms with Gasteiger partial charge < -0.3 is 19.1 Å². The van der Waals surface area contributed by atoms with Crippen LogP contribution in [0.15, 0.2) is 11.8 Å². The Morgan fingerprint density at radius 3 is 2.31 bits per heavy atom. The van der Waals surface area contributed by atoms with Gasteiger partial charge in [-0.1, -0.05) is 0 Å². The van der Waals surface area contributed by atoms with Crippen LogP contribution in [0.4, 0.5) is 0 Å². The molecule has 1 atom stereocenters. The lowest BCUT2D eigenvalue weighted by molar-refractivity contribution is -0.186. The maximum absolute atomic E-state index is 13.3. The number of ether oxygens (including phenoxy) is 3. The van der Waals surface area contributed by atoms with E-state index in [1.165, 1.54) is 12.8 Å². The van der Waals surface area contributed by atoms with Gasteiger partial charge in [-0.25, -0.2) is 0 Å². The highest BCUT2D eigenvalue weighted by molar-refractivity contribution is 5.80. The molecule has 0 aromatic heterocycles. The molecule has 1 saturated heterocycles. The second kappa shape index (κ2) is 7.51. The van der Waals surface area contributed by atoms with E-state index in [-0.39, 0.29) is 17.8 Å². The molecule has 0 aromatic rings. The topological polar surface area (TPSA) is 48.0 Å². The van der Waals surface area contributed by atoms with Gasteiger partial charge in [0.05, 0.1) is 25.1 Å². The van der Waals surface area contributed by atoms with Gasteiger partial charge in [-0.15, -0.1) is 0 Å². The summed E-state index contributed by atoms with van der Waals surface area (Å²) in [5.74, 6) is 1.23. The van der Waals surface area contributed by atoms with Gasteiger partial charge in [0.2, 0.25) is 5.91 Å². The third-order valence-corrected chi connectivity index (χ3v) is 6.22. The van der Waals surface area contributed by atoms with Crippen LogP contribution in [0, 0.1) is 5.92 Å². The minimum Gasteiger partial charge on any atom is -0.496 e. The van der Waals surface area contributed by atoms with E-state index in [1.54, 1.807) is 0 Å². The van der Waals surface area contributed by atoms with Crippen LogP contribution in [-0.4, -0.2) is 48.0 Å². The lowest BCUT2D eigenvalue weighted by Crippen LogP contribution is -2.49. The third kappa shape index (κ3) is 3.94. The van der Waals surface area contributed by atoms with E-state index >= 15 is 0 Å². The number of carbonyl (C=O) groups excluding carboxylic acids is 1. The van der Waals surface area contributed by atoms with Gasteiger partial charge in [-0.2, -0.15) is 0 Å². The zero-order chi connectivity index (χ0) is 18.1. The van der Waals surface area contributed by atoms with Gasteiger partial charge in [0.1, 0.15) is 0 Å². The molecule has 5 heteroatoms. The van der Waals surface area contributed by atoms with Crippen molar-refractivity contribution in [2.75, 3.05) is 13.2 Å². The number of carbonyl (C=O) groups is 1. The first-order valence-electron chi connectivity index (χ1n) is 10.5. The molecule has 3 aliphatic carbocycles. The number of allylic oxidation sites excluding steroid dienone is 2. The summed E-state index contributed by atoms with van der Waals surface area (Å²) in [7, 11) is 0. The molecule has 0 N–H and O–H groups in total. The van der Waals surface area contributed by atoms with Gasteiger partial charge in [-0.3, -0.25) is 4.79 Å². The first-order valence-corrected chi connectivity index (χ1v) is 10.5. The molecule has 0 bridgehead atoms. The summed E-state index contributed by atoms with van der Waals surface area (Å²) in [6.07, 6.45) is 11.2. The molecule has 1 aliphatic heterocycles. The molecule has 1 amide bonds. The van der Waals surface area contributed by atoms with Crippen molar-refractivity contribution >= 4 is 5.91 Å². The SMILES string of the molecule is CC(C)OC1=CCC(C(=O)N(C2CC2)C2CCC3(CC2)OCCO3)CC1. The zero-order valence-corrected chi connectivity index (χ0v) is 16.2. The van der Waals surface area contributed by atoms with Crippen molar-refractivity contribution in [3.63, 3.8) is 0 Å². The summed E-state index contributed by atoms with van der Waals surface area (Å²) < 4.78 is 17.5. The molecule has 5 nitrogen and oxygen atoms in total. The van der Waals surface area contributed by atoms with Crippen LogP contribution < -0.4 is 0 Å². The standard InChI is InChI=1S/C21H33NO4/c1-15(2)26-19-7-3-16(4-8-19)20(23)22(17-5-6-17)18-9-11-21(12-10-18)24-13-14-25-21/h7,15-18H,3-6,8-14H2,1-2H3. The van der Waals surface area contributed by atoms with E-state index in [2.05, 4.69) is 24.8 Å². The zero-order valence-electron chi connectivity index (χ0n) is 16.2. The fourth-order valence-corrected chi connectivity index (χ4v) is 4.77. The number of amides is 1. The van der Waals surface area contributed by atoms with E-state index in [9.17, 15) is 4.79 Å². The lowest BCUT2D eigenvalue weighted by Gasteiger charge is -2.42. The minimum absolute atomic E-state index is 0.130. The van der Waals surface area contributed by atoms with Crippen molar-refractivity contribution in [2.24, 2.45) is 5.92 Å². The van der Waals surface area contributed by atoms with Crippen molar-refractivity contribution in [2.45, 2.75) is 95.6 Å². The van der Waals surface area contributed by atoms with Gasteiger partial charge in [0, 0.05) is 37.3 Å². The van der Waals surface area contributed by atoms with Gasteiger partial charge in [0.15, 0.2) is 5.79 Å². The lowest BCUT2D eigenvalue weighted by atomic mass is 9.86. The molecule has 4 rings (SSSR count). The van der Waals surface area contributed by atoms with Crippen molar-refractivity contribution < 1.29 is 19.0 Å². The van der Waals surface area contributed by atoms with E-state index in [0.29, 0.717) is 31.2 Å². The van der Waals surface area contributed by atoms with Crippen LogP contribution in [0.25, 0.3) is 0 Å². The number of hydrogen-bond donors (Lipinski definition) is 0. The van der Waals surface area contributed by atoms with Crippen LogP contribution in [0.2, 0.25) is 0 Å². The maximum Gasteiger partial charge on any atom is 0.226 e. The minimum atomic E-state index is -0.342. The fourth-order valence-electron chi connectivity index (χ4n) is 4.77. The normalized spacial score (nSPS) is 29.0. The van der Waals surface area contributed by atoms with Crippen LogP contribution in [0.5, 0.6) is 0 Å². The Bertz CT molecular complexity index is 538. The Morgan fingerprint density at radius 2 is 1.77 bits per heavy atom. The first kappa shape index (κ1) is 18.3. The summed E-state index contributed by atoms with van der Waals surface area (Å²) in [5.41, 5.74) is 0. The Kier molecular flexibility index (Phi) is 5.29. The molecule has 4 aliphatic rings.